The molecule has 0 aliphatic rings. The van der Waals surface area contributed by atoms with Crippen LogP contribution in [0.4, 0.5) is 0 Å². The van der Waals surface area contributed by atoms with E-state index in [0.717, 1.165) is 17.5 Å². The maximum atomic E-state index is 5.50. The lowest BCUT2D eigenvalue weighted by Gasteiger charge is -2.06. The van der Waals surface area contributed by atoms with Crippen molar-refractivity contribution in [1.82, 2.24) is 4.98 Å². The van der Waals surface area contributed by atoms with Crippen LogP contribution >= 0.6 is 0 Å². The highest BCUT2D eigenvalue weighted by atomic mass is 16.5. The summed E-state index contributed by atoms with van der Waals surface area (Å²) in [5, 5.41) is 0. The van der Waals surface area contributed by atoms with Gasteiger partial charge in [0.15, 0.2) is 0 Å². The second-order valence-corrected chi connectivity index (χ2v) is 2.71. The van der Waals surface area contributed by atoms with E-state index in [-0.39, 0.29) is 0 Å². The Hall–Kier alpha value is -1.35. The molecule has 0 aliphatic carbocycles. The molecule has 0 fully saturated rings. The molecular weight excluding hydrogens is 164 g/mol. The van der Waals surface area contributed by atoms with E-state index in [9.17, 15) is 0 Å². The molecule has 3 nitrogen and oxygen atoms in total. The molecule has 0 atom stereocenters. The highest BCUT2D eigenvalue weighted by Crippen LogP contribution is 2.16. The molecule has 2 N–H and O–H groups in total. The van der Waals surface area contributed by atoms with Gasteiger partial charge in [0.05, 0.1) is 7.11 Å². The molecule has 1 heterocycles. The lowest BCUT2D eigenvalue weighted by atomic mass is 10.1. The van der Waals surface area contributed by atoms with Crippen LogP contribution in [0, 0.1) is 0 Å². The van der Waals surface area contributed by atoms with Crippen LogP contribution in [0.2, 0.25) is 0 Å². The summed E-state index contributed by atoms with van der Waals surface area (Å²) < 4.78 is 5.10. The molecule has 13 heavy (non-hydrogen) atoms. The van der Waals surface area contributed by atoms with Gasteiger partial charge in [-0.3, -0.25) is 0 Å². The van der Waals surface area contributed by atoms with Gasteiger partial charge >= 0.3 is 0 Å². The molecule has 1 aromatic rings. The Morgan fingerprint density at radius 1 is 1.69 bits per heavy atom. The highest BCUT2D eigenvalue weighted by Gasteiger charge is 2.03. The molecule has 0 spiro atoms. The van der Waals surface area contributed by atoms with Gasteiger partial charge < -0.3 is 10.5 Å². The first-order valence-corrected chi connectivity index (χ1v) is 4.14. The maximum Gasteiger partial charge on any atom is 0.216 e. The summed E-state index contributed by atoms with van der Waals surface area (Å²) in [6.07, 6.45) is 4.30. The van der Waals surface area contributed by atoms with Crippen molar-refractivity contribution in [1.29, 1.82) is 0 Å². The largest absolute Gasteiger partial charge is 0.481 e. The van der Waals surface area contributed by atoms with Gasteiger partial charge in [0.2, 0.25) is 5.88 Å². The van der Waals surface area contributed by atoms with Crippen LogP contribution in [0.15, 0.2) is 24.9 Å². The number of hydrogen-bond acceptors (Lipinski definition) is 3. The molecule has 1 rings (SSSR count). The van der Waals surface area contributed by atoms with Crippen molar-refractivity contribution in [2.75, 3.05) is 7.11 Å². The fourth-order valence-electron chi connectivity index (χ4n) is 1.14. The zero-order valence-corrected chi connectivity index (χ0v) is 7.79. The molecular formula is C10H14N2O. The smallest absolute Gasteiger partial charge is 0.216 e. The van der Waals surface area contributed by atoms with E-state index in [0.29, 0.717) is 12.4 Å². The highest BCUT2D eigenvalue weighted by molar-refractivity contribution is 5.31. The number of aromatic nitrogens is 1. The second-order valence-electron chi connectivity index (χ2n) is 2.71. The molecule has 0 bridgehead atoms. The van der Waals surface area contributed by atoms with Crippen molar-refractivity contribution in [3.8, 4) is 5.88 Å². The van der Waals surface area contributed by atoms with Crippen molar-refractivity contribution >= 4 is 0 Å². The molecule has 1 aromatic heterocycles. The third-order valence-electron chi connectivity index (χ3n) is 1.78. The summed E-state index contributed by atoms with van der Waals surface area (Å²) in [4.78, 5) is 4.14. The first kappa shape index (κ1) is 9.74. The van der Waals surface area contributed by atoms with Gasteiger partial charge in [0.25, 0.3) is 0 Å². The Kier molecular flexibility index (Phi) is 3.46. The summed E-state index contributed by atoms with van der Waals surface area (Å²) in [5.74, 6) is 0.650. The number of nitrogens with zero attached hydrogens (tertiary/aromatic N) is 1. The zero-order valence-electron chi connectivity index (χ0n) is 7.79. The Morgan fingerprint density at radius 3 is 3.00 bits per heavy atom. The average Bonchev–Trinajstić information content (AvgIpc) is 2.18. The second kappa shape index (κ2) is 4.62. The Morgan fingerprint density at radius 2 is 2.46 bits per heavy atom. The van der Waals surface area contributed by atoms with Crippen molar-refractivity contribution in [2.24, 2.45) is 5.73 Å². The minimum absolute atomic E-state index is 0.501. The molecule has 0 aliphatic heterocycles. The summed E-state index contributed by atoms with van der Waals surface area (Å²) in [5.41, 5.74) is 7.54. The van der Waals surface area contributed by atoms with Gasteiger partial charge in [0.1, 0.15) is 0 Å². The monoisotopic (exact) mass is 178 g/mol. The lowest BCUT2D eigenvalue weighted by Crippen LogP contribution is -2.01. The van der Waals surface area contributed by atoms with Crippen LogP contribution < -0.4 is 10.5 Å². The molecule has 0 saturated heterocycles. The number of pyridine rings is 1. The molecule has 0 aromatic carbocycles. The van der Waals surface area contributed by atoms with Crippen LogP contribution in [0.3, 0.4) is 0 Å². The van der Waals surface area contributed by atoms with Gasteiger partial charge in [-0.25, -0.2) is 4.98 Å². The Labute approximate surface area is 78.2 Å². The van der Waals surface area contributed by atoms with E-state index in [1.54, 1.807) is 13.3 Å². The number of nitrogens with two attached hydrogens (primary N) is 1. The summed E-state index contributed by atoms with van der Waals surface area (Å²) in [6.45, 7) is 4.17. The molecule has 70 valence electrons. The summed E-state index contributed by atoms with van der Waals surface area (Å²) >= 11 is 0. The lowest BCUT2D eigenvalue weighted by molar-refractivity contribution is 0.393. The van der Waals surface area contributed by atoms with Crippen molar-refractivity contribution in [2.45, 2.75) is 13.0 Å². The Bertz CT molecular complexity index is 297. The van der Waals surface area contributed by atoms with Gasteiger partial charge in [-0.15, -0.1) is 6.58 Å². The van der Waals surface area contributed by atoms with Crippen LogP contribution in [0.25, 0.3) is 0 Å². The van der Waals surface area contributed by atoms with E-state index >= 15 is 0 Å². The molecule has 0 unspecified atom stereocenters. The van der Waals surface area contributed by atoms with Gasteiger partial charge in [0, 0.05) is 18.3 Å². The van der Waals surface area contributed by atoms with Crippen molar-refractivity contribution < 1.29 is 4.74 Å². The first-order valence-electron chi connectivity index (χ1n) is 4.14. The SMILES string of the molecule is C=CCc1cc(CN)cnc1OC. The third-order valence-corrected chi connectivity index (χ3v) is 1.78. The fourth-order valence-corrected chi connectivity index (χ4v) is 1.14. The molecule has 0 saturated carbocycles. The number of rotatable bonds is 4. The van der Waals surface area contributed by atoms with E-state index in [1.807, 2.05) is 12.1 Å². The zero-order chi connectivity index (χ0) is 9.68. The van der Waals surface area contributed by atoms with Crippen LogP contribution in [0.1, 0.15) is 11.1 Å². The number of hydrogen-bond donors (Lipinski definition) is 1. The standard InChI is InChI=1S/C10H14N2O/c1-3-4-9-5-8(6-11)7-12-10(9)13-2/h3,5,7H,1,4,6,11H2,2H3. The molecule has 0 amide bonds. The third kappa shape index (κ3) is 2.29. The maximum absolute atomic E-state index is 5.50. The summed E-state index contributed by atoms with van der Waals surface area (Å²) in [7, 11) is 1.61. The number of ether oxygens (including phenoxy) is 1. The predicted molar refractivity (Wildman–Crippen MR) is 52.6 cm³/mol. The first-order chi connectivity index (χ1) is 6.31. The molecule has 0 radical (unpaired) electrons. The predicted octanol–water partition coefficient (Wildman–Crippen LogP) is 1.28. The topological polar surface area (TPSA) is 48.1 Å². The Balaban J connectivity index is 3.01. The minimum Gasteiger partial charge on any atom is -0.481 e. The number of methoxy groups -OCH3 is 1. The average molecular weight is 178 g/mol. The van der Waals surface area contributed by atoms with Crippen molar-refractivity contribution in [3.05, 3.63) is 36.0 Å². The minimum atomic E-state index is 0.501. The quantitative estimate of drug-likeness (QED) is 0.706. The van der Waals surface area contributed by atoms with Crippen LogP contribution in [0.5, 0.6) is 5.88 Å². The van der Waals surface area contributed by atoms with Gasteiger partial charge in [-0.1, -0.05) is 6.08 Å². The normalized spacial score (nSPS) is 9.69. The summed E-state index contributed by atoms with van der Waals surface area (Å²) in [6, 6.07) is 1.99. The van der Waals surface area contributed by atoms with Crippen LogP contribution in [-0.2, 0) is 13.0 Å². The van der Waals surface area contributed by atoms with Crippen molar-refractivity contribution in [3.63, 3.8) is 0 Å². The fraction of sp³-hybridized carbons (Fsp3) is 0.300. The molecule has 3 heteroatoms. The number of allylic oxidation sites excluding steroid dienone is 1. The van der Waals surface area contributed by atoms with E-state index < -0.39 is 0 Å². The van der Waals surface area contributed by atoms with E-state index in [2.05, 4.69) is 11.6 Å². The van der Waals surface area contributed by atoms with Crippen LogP contribution in [-0.4, -0.2) is 12.1 Å². The van der Waals surface area contributed by atoms with Gasteiger partial charge in [-0.2, -0.15) is 0 Å². The van der Waals surface area contributed by atoms with Gasteiger partial charge in [-0.05, 0) is 18.1 Å². The van der Waals surface area contributed by atoms with E-state index in [1.165, 1.54) is 0 Å². The van der Waals surface area contributed by atoms with E-state index in [4.69, 9.17) is 10.5 Å².